The minimum Gasteiger partial charge on any atom is -0.377 e. The molecule has 13 heteroatoms. The van der Waals surface area contributed by atoms with E-state index in [0.29, 0.717) is 132 Å². The SMILES string of the molecule is CN(CC1COCCOCCOCCOCCOCCO1)C1(N)COCCOCCOCCOCCO1. The molecule has 0 saturated carbocycles. The van der Waals surface area contributed by atoms with Crippen LogP contribution in [0.25, 0.3) is 0 Å². The van der Waals surface area contributed by atoms with Gasteiger partial charge in [0.15, 0.2) is 5.85 Å². The van der Waals surface area contributed by atoms with Crippen molar-refractivity contribution in [3.05, 3.63) is 0 Å². The number of nitrogens with zero attached hydrogens (tertiary/aromatic N) is 1. The summed E-state index contributed by atoms with van der Waals surface area (Å²) in [6.45, 7) is 9.32. The Hall–Kier alpha value is -0.520. The van der Waals surface area contributed by atoms with Gasteiger partial charge in [-0.2, -0.15) is 0 Å². The number of hydrogen-bond acceptors (Lipinski definition) is 13. The second-order valence-electron chi connectivity index (χ2n) is 8.48. The van der Waals surface area contributed by atoms with Crippen LogP contribution < -0.4 is 5.73 Å². The van der Waals surface area contributed by atoms with Crippen molar-refractivity contribution in [1.82, 2.24) is 4.90 Å². The number of rotatable bonds is 3. The van der Waals surface area contributed by atoms with Crippen LogP contribution in [-0.4, -0.2) is 163 Å². The molecule has 0 aliphatic carbocycles. The molecule has 0 radical (unpaired) electrons. The Morgan fingerprint density at radius 3 is 1.41 bits per heavy atom. The summed E-state index contributed by atoms with van der Waals surface area (Å²) in [5, 5.41) is 0. The maximum absolute atomic E-state index is 6.66. The van der Waals surface area contributed by atoms with Crippen LogP contribution >= 0.6 is 0 Å². The molecule has 2 atom stereocenters. The quantitative estimate of drug-likeness (QED) is 0.445. The standard InChI is InChI=1S/C24H48N2O11/c1-26(24(25)22-35-15-13-31-7-5-29-9-11-33-17-19-37-24)20-23-21-34-14-12-30-6-4-27-2-3-28-8-10-32-16-18-36-23/h23H,2-22,25H2,1H3. The van der Waals surface area contributed by atoms with Gasteiger partial charge in [0.1, 0.15) is 6.61 Å². The molecular weight excluding hydrogens is 492 g/mol. The van der Waals surface area contributed by atoms with E-state index in [1.54, 1.807) is 0 Å². The van der Waals surface area contributed by atoms with Gasteiger partial charge in [-0.15, -0.1) is 0 Å². The van der Waals surface area contributed by atoms with E-state index in [4.69, 9.17) is 57.8 Å². The van der Waals surface area contributed by atoms with E-state index in [-0.39, 0.29) is 12.7 Å². The van der Waals surface area contributed by atoms with Gasteiger partial charge in [0.2, 0.25) is 0 Å². The molecule has 0 spiro atoms. The van der Waals surface area contributed by atoms with Crippen LogP contribution in [0.1, 0.15) is 0 Å². The number of likely N-dealkylation sites (N-methyl/N-ethyl adjacent to an activating group) is 1. The van der Waals surface area contributed by atoms with Crippen molar-refractivity contribution >= 4 is 0 Å². The van der Waals surface area contributed by atoms with Gasteiger partial charge < -0.3 is 52.1 Å². The van der Waals surface area contributed by atoms with E-state index >= 15 is 0 Å². The summed E-state index contributed by atoms with van der Waals surface area (Å²) < 4.78 is 62.3. The lowest BCUT2D eigenvalue weighted by Crippen LogP contribution is -2.62. The van der Waals surface area contributed by atoms with Crippen molar-refractivity contribution in [1.29, 1.82) is 0 Å². The van der Waals surface area contributed by atoms with E-state index in [0.717, 1.165) is 0 Å². The third-order valence-electron chi connectivity index (χ3n) is 5.50. The molecule has 0 bridgehead atoms. The summed E-state index contributed by atoms with van der Waals surface area (Å²) in [5.74, 6) is -1.19. The van der Waals surface area contributed by atoms with Crippen molar-refractivity contribution in [2.45, 2.75) is 12.0 Å². The molecule has 0 amide bonds. The van der Waals surface area contributed by atoms with Crippen LogP contribution in [0.4, 0.5) is 0 Å². The van der Waals surface area contributed by atoms with Crippen LogP contribution in [0.3, 0.4) is 0 Å². The van der Waals surface area contributed by atoms with Crippen LogP contribution in [0.5, 0.6) is 0 Å². The van der Waals surface area contributed by atoms with Crippen LogP contribution in [0.2, 0.25) is 0 Å². The zero-order valence-electron chi connectivity index (χ0n) is 22.4. The van der Waals surface area contributed by atoms with Gasteiger partial charge >= 0.3 is 0 Å². The third-order valence-corrected chi connectivity index (χ3v) is 5.50. The van der Waals surface area contributed by atoms with Gasteiger partial charge in [0, 0.05) is 6.54 Å². The fourth-order valence-corrected chi connectivity index (χ4v) is 3.40. The minimum absolute atomic E-state index is 0.149. The number of ether oxygens (including phenoxy) is 11. The first-order chi connectivity index (χ1) is 18.2. The highest BCUT2D eigenvalue weighted by atomic mass is 16.6. The predicted octanol–water partition coefficient (Wildman–Crippen LogP) is -0.891. The van der Waals surface area contributed by atoms with E-state index < -0.39 is 5.85 Å². The molecule has 2 fully saturated rings. The maximum atomic E-state index is 6.66. The summed E-state index contributed by atoms with van der Waals surface area (Å²) in [5.41, 5.74) is 6.66. The number of hydrogen-bond donors (Lipinski definition) is 1. The largest absolute Gasteiger partial charge is 0.377 e. The molecule has 13 nitrogen and oxygen atoms in total. The first kappa shape index (κ1) is 32.7. The van der Waals surface area contributed by atoms with E-state index in [2.05, 4.69) is 0 Å². The normalized spacial score (nSPS) is 29.4. The van der Waals surface area contributed by atoms with Gasteiger partial charge in [-0.25, -0.2) is 0 Å². The second kappa shape index (κ2) is 22.3. The van der Waals surface area contributed by atoms with Crippen molar-refractivity contribution in [2.75, 3.05) is 146 Å². The van der Waals surface area contributed by atoms with E-state index in [1.165, 1.54) is 0 Å². The summed E-state index contributed by atoms with van der Waals surface area (Å²) in [7, 11) is 1.87. The average Bonchev–Trinajstić information content (AvgIpc) is 2.90. The van der Waals surface area contributed by atoms with Gasteiger partial charge in [0.25, 0.3) is 0 Å². The predicted molar refractivity (Wildman–Crippen MR) is 133 cm³/mol. The smallest absolute Gasteiger partial charge is 0.198 e. The third kappa shape index (κ3) is 16.9. The number of nitrogens with two attached hydrogens (primary N) is 1. The van der Waals surface area contributed by atoms with Crippen LogP contribution in [0, 0.1) is 0 Å². The molecule has 2 saturated heterocycles. The molecule has 2 N–H and O–H groups in total. The molecule has 220 valence electrons. The van der Waals surface area contributed by atoms with Gasteiger partial charge in [-0.05, 0) is 7.05 Å². The lowest BCUT2D eigenvalue weighted by molar-refractivity contribution is -0.197. The van der Waals surface area contributed by atoms with Gasteiger partial charge in [0.05, 0.1) is 132 Å². The van der Waals surface area contributed by atoms with Gasteiger partial charge in [-0.1, -0.05) is 0 Å². The summed E-state index contributed by atoms with van der Waals surface area (Å²) in [6, 6.07) is 0. The van der Waals surface area contributed by atoms with Crippen molar-refractivity contribution in [2.24, 2.45) is 5.73 Å². The Morgan fingerprint density at radius 2 is 0.919 bits per heavy atom. The zero-order chi connectivity index (χ0) is 26.3. The molecule has 37 heavy (non-hydrogen) atoms. The van der Waals surface area contributed by atoms with Crippen molar-refractivity contribution in [3.63, 3.8) is 0 Å². The first-order valence-electron chi connectivity index (χ1n) is 13.2. The van der Waals surface area contributed by atoms with Crippen molar-refractivity contribution in [3.8, 4) is 0 Å². The molecule has 2 heterocycles. The summed E-state index contributed by atoms with van der Waals surface area (Å²) in [4.78, 5) is 1.87. The fraction of sp³-hybridized carbons (Fsp3) is 1.00. The molecule has 2 rings (SSSR count). The highest BCUT2D eigenvalue weighted by Crippen LogP contribution is 2.13. The average molecular weight is 541 g/mol. The van der Waals surface area contributed by atoms with Gasteiger partial charge in [-0.3, -0.25) is 10.6 Å². The lowest BCUT2D eigenvalue weighted by atomic mass is 10.3. The molecule has 2 aliphatic heterocycles. The van der Waals surface area contributed by atoms with E-state index in [9.17, 15) is 0 Å². The van der Waals surface area contributed by atoms with E-state index in [1.807, 2.05) is 11.9 Å². The molecule has 0 aromatic rings. The highest BCUT2D eigenvalue weighted by Gasteiger charge is 2.33. The Morgan fingerprint density at radius 1 is 0.541 bits per heavy atom. The first-order valence-corrected chi connectivity index (χ1v) is 13.2. The zero-order valence-corrected chi connectivity index (χ0v) is 22.4. The Balaban J connectivity index is 1.87. The van der Waals surface area contributed by atoms with Crippen LogP contribution in [0.15, 0.2) is 0 Å². The molecular formula is C24H48N2O11. The van der Waals surface area contributed by atoms with Crippen LogP contribution in [-0.2, 0) is 52.1 Å². The molecule has 0 aromatic heterocycles. The maximum Gasteiger partial charge on any atom is 0.198 e. The molecule has 2 aliphatic rings. The summed E-state index contributed by atoms with van der Waals surface area (Å²) >= 11 is 0. The second-order valence-corrected chi connectivity index (χ2v) is 8.48. The lowest BCUT2D eigenvalue weighted by Gasteiger charge is -2.39. The monoisotopic (exact) mass is 540 g/mol. The summed E-state index contributed by atoms with van der Waals surface area (Å²) in [6.07, 6.45) is -0.274. The Bertz CT molecular complexity index is 487. The Kier molecular flexibility index (Phi) is 19.7. The Labute approximate surface area is 220 Å². The fourth-order valence-electron chi connectivity index (χ4n) is 3.40. The topological polar surface area (TPSA) is 131 Å². The molecule has 0 aromatic carbocycles. The molecule has 2 unspecified atom stereocenters. The van der Waals surface area contributed by atoms with Crippen molar-refractivity contribution < 1.29 is 52.1 Å². The highest BCUT2D eigenvalue weighted by molar-refractivity contribution is 4.76. The minimum atomic E-state index is -1.19.